The first-order valence-electron chi connectivity index (χ1n) is 6.41. The van der Waals surface area contributed by atoms with Gasteiger partial charge in [0.05, 0.1) is 0 Å². The van der Waals surface area contributed by atoms with Gasteiger partial charge in [0.2, 0.25) is 0 Å². The minimum Gasteiger partial charge on any atom is -0.303 e. The number of hydrogen-bond acceptors (Lipinski definition) is 2. The molecule has 1 aromatic rings. The van der Waals surface area contributed by atoms with Crippen molar-refractivity contribution in [1.29, 1.82) is 0 Å². The highest BCUT2D eigenvalue weighted by Gasteiger charge is 2.21. The van der Waals surface area contributed by atoms with Crippen LogP contribution in [-0.2, 0) is 17.9 Å². The molecule has 1 aliphatic rings. The van der Waals surface area contributed by atoms with Crippen LogP contribution in [0.5, 0.6) is 0 Å². The molecule has 0 radical (unpaired) electrons. The highest BCUT2D eigenvalue weighted by atomic mass is 16.1. The van der Waals surface area contributed by atoms with E-state index in [-0.39, 0.29) is 0 Å². The predicted molar refractivity (Wildman–Crippen MR) is 69.9 cm³/mol. The fourth-order valence-electron chi connectivity index (χ4n) is 2.39. The van der Waals surface area contributed by atoms with Gasteiger partial charge < -0.3 is 4.79 Å². The summed E-state index contributed by atoms with van der Waals surface area (Å²) in [6.07, 6.45) is 1.63. The standard InChI is InChI=1S/C15H21NO/c1-11(2)16-9-14-5-4-13(8-15(14)10-16)12(3)6-7-17/h4-5,7-8,11-12H,6,9-10H2,1-3H3. The van der Waals surface area contributed by atoms with Crippen LogP contribution in [0.1, 0.15) is 49.8 Å². The Hall–Kier alpha value is -1.15. The summed E-state index contributed by atoms with van der Waals surface area (Å²) in [6.45, 7) is 8.71. The van der Waals surface area contributed by atoms with Crippen LogP contribution in [0.25, 0.3) is 0 Å². The second-order valence-corrected chi connectivity index (χ2v) is 5.33. The number of hydrogen-bond donors (Lipinski definition) is 0. The maximum Gasteiger partial charge on any atom is 0.120 e. The van der Waals surface area contributed by atoms with Gasteiger partial charge in [0.15, 0.2) is 0 Å². The van der Waals surface area contributed by atoms with Gasteiger partial charge in [0.25, 0.3) is 0 Å². The molecular weight excluding hydrogens is 210 g/mol. The predicted octanol–water partition coefficient (Wildman–Crippen LogP) is 3.10. The summed E-state index contributed by atoms with van der Waals surface area (Å²) in [6, 6.07) is 7.29. The van der Waals surface area contributed by atoms with Crippen molar-refractivity contribution in [3.05, 3.63) is 34.9 Å². The summed E-state index contributed by atoms with van der Waals surface area (Å²) in [7, 11) is 0. The summed E-state index contributed by atoms with van der Waals surface area (Å²) in [5, 5.41) is 0. The third-order valence-corrected chi connectivity index (χ3v) is 3.73. The molecular formula is C15H21NO. The van der Waals surface area contributed by atoms with E-state index in [4.69, 9.17) is 0 Å². The molecule has 92 valence electrons. The lowest BCUT2D eigenvalue weighted by atomic mass is 9.95. The van der Waals surface area contributed by atoms with Gasteiger partial charge in [-0.1, -0.05) is 25.1 Å². The van der Waals surface area contributed by atoms with E-state index in [0.29, 0.717) is 18.4 Å². The number of carbonyl (C=O) groups is 1. The summed E-state index contributed by atoms with van der Waals surface area (Å²) < 4.78 is 0. The van der Waals surface area contributed by atoms with Gasteiger partial charge in [-0.25, -0.2) is 0 Å². The van der Waals surface area contributed by atoms with Crippen molar-refractivity contribution in [3.63, 3.8) is 0 Å². The average Bonchev–Trinajstić information content (AvgIpc) is 2.71. The molecule has 0 aromatic heterocycles. The first-order valence-corrected chi connectivity index (χ1v) is 6.41. The lowest BCUT2D eigenvalue weighted by Gasteiger charge is -2.18. The Kier molecular flexibility index (Phi) is 3.63. The molecule has 2 nitrogen and oxygen atoms in total. The van der Waals surface area contributed by atoms with Crippen LogP contribution in [0.3, 0.4) is 0 Å². The molecule has 0 spiro atoms. The Balaban J connectivity index is 2.17. The van der Waals surface area contributed by atoms with Crippen molar-refractivity contribution in [2.24, 2.45) is 0 Å². The molecule has 2 rings (SSSR count). The van der Waals surface area contributed by atoms with Crippen molar-refractivity contribution in [3.8, 4) is 0 Å². The molecule has 1 aromatic carbocycles. The summed E-state index contributed by atoms with van der Waals surface area (Å²) >= 11 is 0. The van der Waals surface area contributed by atoms with Crippen molar-refractivity contribution in [2.45, 2.75) is 52.2 Å². The van der Waals surface area contributed by atoms with Gasteiger partial charge in [0.1, 0.15) is 6.29 Å². The van der Waals surface area contributed by atoms with E-state index in [1.807, 2.05) is 0 Å². The molecule has 17 heavy (non-hydrogen) atoms. The molecule has 1 heterocycles. The number of benzene rings is 1. The van der Waals surface area contributed by atoms with E-state index >= 15 is 0 Å². The first-order chi connectivity index (χ1) is 8.11. The number of aldehydes is 1. The quantitative estimate of drug-likeness (QED) is 0.742. The Morgan fingerprint density at radius 2 is 1.94 bits per heavy atom. The topological polar surface area (TPSA) is 20.3 Å². The molecule has 0 fully saturated rings. The van der Waals surface area contributed by atoms with Gasteiger partial charge in [0, 0.05) is 25.6 Å². The van der Waals surface area contributed by atoms with E-state index < -0.39 is 0 Å². The minimum atomic E-state index is 0.339. The normalized spacial score (nSPS) is 17.2. The number of carbonyl (C=O) groups excluding carboxylic acids is 1. The van der Waals surface area contributed by atoms with E-state index in [1.165, 1.54) is 16.7 Å². The molecule has 0 amide bonds. The Labute approximate surface area is 104 Å². The average molecular weight is 231 g/mol. The van der Waals surface area contributed by atoms with Crippen molar-refractivity contribution < 1.29 is 4.79 Å². The summed E-state index contributed by atoms with van der Waals surface area (Å²) in [5.41, 5.74) is 4.18. The van der Waals surface area contributed by atoms with Crippen LogP contribution >= 0.6 is 0 Å². The Bertz CT molecular complexity index is 411. The van der Waals surface area contributed by atoms with Gasteiger partial charge in [-0.2, -0.15) is 0 Å². The zero-order valence-corrected chi connectivity index (χ0v) is 10.9. The van der Waals surface area contributed by atoms with Crippen LogP contribution in [-0.4, -0.2) is 17.2 Å². The van der Waals surface area contributed by atoms with Crippen molar-refractivity contribution in [1.82, 2.24) is 4.90 Å². The third-order valence-electron chi connectivity index (χ3n) is 3.73. The zero-order chi connectivity index (χ0) is 12.4. The maximum absolute atomic E-state index is 10.6. The summed E-state index contributed by atoms with van der Waals surface area (Å²) in [5.74, 6) is 0.339. The van der Waals surface area contributed by atoms with E-state index in [1.54, 1.807) is 0 Å². The molecule has 1 aliphatic heterocycles. The largest absolute Gasteiger partial charge is 0.303 e. The van der Waals surface area contributed by atoms with Gasteiger partial charge in [-0.15, -0.1) is 0 Å². The lowest BCUT2D eigenvalue weighted by Crippen LogP contribution is -2.24. The monoisotopic (exact) mass is 231 g/mol. The van der Waals surface area contributed by atoms with Crippen molar-refractivity contribution >= 4 is 6.29 Å². The van der Waals surface area contributed by atoms with Crippen molar-refractivity contribution in [2.75, 3.05) is 0 Å². The first kappa shape index (κ1) is 12.3. The molecule has 0 saturated carbocycles. The number of rotatable bonds is 4. The highest BCUT2D eigenvalue weighted by molar-refractivity contribution is 5.52. The SMILES string of the molecule is CC(CC=O)c1ccc2c(c1)CN(C(C)C)C2. The van der Waals surface area contributed by atoms with Crippen LogP contribution in [0.2, 0.25) is 0 Å². The highest BCUT2D eigenvalue weighted by Crippen LogP contribution is 2.28. The molecule has 0 aliphatic carbocycles. The van der Waals surface area contributed by atoms with Crippen LogP contribution < -0.4 is 0 Å². The fraction of sp³-hybridized carbons (Fsp3) is 0.533. The molecule has 0 N–H and O–H groups in total. The second kappa shape index (κ2) is 5.01. The van der Waals surface area contributed by atoms with E-state index in [2.05, 4.69) is 43.9 Å². The number of fused-ring (bicyclic) bond motifs is 1. The second-order valence-electron chi connectivity index (χ2n) is 5.33. The van der Waals surface area contributed by atoms with Gasteiger partial charge in [-0.3, -0.25) is 4.90 Å². The maximum atomic E-state index is 10.6. The smallest absolute Gasteiger partial charge is 0.120 e. The van der Waals surface area contributed by atoms with E-state index in [9.17, 15) is 4.79 Å². The molecule has 0 bridgehead atoms. The van der Waals surface area contributed by atoms with Crippen LogP contribution in [0, 0.1) is 0 Å². The fourth-order valence-corrected chi connectivity index (χ4v) is 2.39. The minimum absolute atomic E-state index is 0.339. The van der Waals surface area contributed by atoms with Crippen LogP contribution in [0.15, 0.2) is 18.2 Å². The lowest BCUT2D eigenvalue weighted by molar-refractivity contribution is -0.108. The van der Waals surface area contributed by atoms with E-state index in [0.717, 1.165) is 19.4 Å². The Morgan fingerprint density at radius 3 is 2.59 bits per heavy atom. The Morgan fingerprint density at radius 1 is 1.24 bits per heavy atom. The molecule has 0 saturated heterocycles. The summed E-state index contributed by atoms with van der Waals surface area (Å²) in [4.78, 5) is 13.0. The third kappa shape index (κ3) is 2.58. The molecule has 1 atom stereocenters. The van der Waals surface area contributed by atoms with Gasteiger partial charge in [-0.05, 0) is 36.5 Å². The molecule has 1 unspecified atom stereocenters. The number of nitrogens with zero attached hydrogens (tertiary/aromatic N) is 1. The molecule has 2 heteroatoms. The zero-order valence-electron chi connectivity index (χ0n) is 10.9. The van der Waals surface area contributed by atoms with Gasteiger partial charge >= 0.3 is 0 Å². The van der Waals surface area contributed by atoms with Crippen LogP contribution in [0.4, 0.5) is 0 Å².